The van der Waals surface area contributed by atoms with Crippen LogP contribution in [0.3, 0.4) is 0 Å². The van der Waals surface area contributed by atoms with E-state index < -0.39 is 7.32 Å². The van der Waals surface area contributed by atoms with Gasteiger partial charge in [-0.3, -0.25) is 0 Å². The number of nitrogens with two attached hydrogens (primary N) is 1. The topological polar surface area (TPSA) is 119 Å². The highest BCUT2D eigenvalue weighted by molar-refractivity contribution is 6.42. The van der Waals surface area contributed by atoms with Gasteiger partial charge in [0.15, 0.2) is 5.82 Å². The van der Waals surface area contributed by atoms with E-state index in [-0.39, 0.29) is 25.1 Å². The van der Waals surface area contributed by atoms with Crippen LogP contribution < -0.4 is 5.73 Å². The van der Waals surface area contributed by atoms with Crippen molar-refractivity contribution in [2.45, 2.75) is 31.8 Å². The van der Waals surface area contributed by atoms with Crippen molar-refractivity contribution in [1.82, 2.24) is 20.2 Å². The zero-order chi connectivity index (χ0) is 17.5. The molecule has 0 radical (unpaired) electrons. The predicted molar refractivity (Wildman–Crippen MR) is 97.6 cm³/mol. The smallest absolute Gasteiger partial charge is 0.402 e. The van der Waals surface area contributed by atoms with E-state index in [2.05, 4.69) is 20.2 Å². The molecule has 1 heterocycles. The minimum Gasteiger partial charge on any atom is -0.402 e. The van der Waals surface area contributed by atoms with E-state index in [1.807, 2.05) is 6.07 Å². The summed E-state index contributed by atoms with van der Waals surface area (Å²) in [6.45, 7) is 0.686. The largest absolute Gasteiger partial charge is 0.633 e. The van der Waals surface area contributed by atoms with Crippen LogP contribution in [0, 0.1) is 0 Å². The van der Waals surface area contributed by atoms with Crippen molar-refractivity contribution >= 4 is 42.9 Å². The van der Waals surface area contributed by atoms with Crippen molar-refractivity contribution in [3.8, 4) is 0 Å². The molecule has 0 aliphatic rings. The zero-order valence-corrected chi connectivity index (χ0v) is 15.6. The molecule has 12 heteroatoms. The average Bonchev–Trinajstić information content (AvgIpc) is 2.98. The Labute approximate surface area is 161 Å². The Morgan fingerprint density at radius 3 is 2.68 bits per heavy atom. The Bertz CT molecular complexity index is 662. The molecular weight excluding hydrogens is 391 g/mol. The molecule has 1 aromatic heterocycles. The molecule has 1 aromatic carbocycles. The lowest BCUT2D eigenvalue weighted by Gasteiger charge is -2.12. The van der Waals surface area contributed by atoms with E-state index in [9.17, 15) is 0 Å². The third-order valence-electron chi connectivity index (χ3n) is 3.38. The lowest BCUT2D eigenvalue weighted by molar-refractivity contribution is 0.181. The second kappa shape index (κ2) is 10.9. The van der Waals surface area contributed by atoms with E-state index in [0.717, 1.165) is 12.0 Å². The highest BCUT2D eigenvalue weighted by atomic mass is 35.5. The van der Waals surface area contributed by atoms with Crippen LogP contribution in [0.25, 0.3) is 0 Å². The first-order valence-electron chi connectivity index (χ1n) is 7.40. The fourth-order valence-electron chi connectivity index (χ4n) is 2.18. The highest BCUT2D eigenvalue weighted by Crippen LogP contribution is 2.23. The van der Waals surface area contributed by atoms with Crippen LogP contribution in [0.5, 0.6) is 0 Å². The Morgan fingerprint density at radius 1 is 1.24 bits per heavy atom. The molecule has 4 N–H and O–H groups in total. The van der Waals surface area contributed by atoms with Crippen molar-refractivity contribution in [3.05, 3.63) is 39.6 Å². The van der Waals surface area contributed by atoms with Crippen LogP contribution in [0.15, 0.2) is 18.2 Å². The fraction of sp³-hybridized carbons (Fsp3) is 0.462. The molecule has 25 heavy (non-hydrogen) atoms. The summed E-state index contributed by atoms with van der Waals surface area (Å²) >= 11 is 11.9. The third-order valence-corrected chi connectivity index (χ3v) is 4.12. The molecule has 0 spiro atoms. The van der Waals surface area contributed by atoms with E-state index in [1.54, 1.807) is 16.8 Å². The number of hydrogen-bond donors (Lipinski definition) is 3. The van der Waals surface area contributed by atoms with E-state index >= 15 is 0 Å². The van der Waals surface area contributed by atoms with Gasteiger partial charge >= 0.3 is 7.32 Å². The predicted octanol–water partition coefficient (Wildman–Crippen LogP) is 1.61. The molecule has 0 aliphatic heterocycles. The lowest BCUT2D eigenvalue weighted by Crippen LogP contribution is -2.19. The number of hydrogen-bond acceptors (Lipinski definition) is 7. The Morgan fingerprint density at radius 2 is 2.00 bits per heavy atom. The van der Waals surface area contributed by atoms with Gasteiger partial charge in [0.2, 0.25) is 0 Å². The van der Waals surface area contributed by atoms with Crippen molar-refractivity contribution < 1.29 is 14.7 Å². The molecule has 0 fully saturated rings. The molecule has 2 aromatic rings. The molecule has 0 amide bonds. The van der Waals surface area contributed by atoms with Crippen LogP contribution in [0.1, 0.15) is 36.7 Å². The molecule has 0 saturated heterocycles. The first kappa shape index (κ1) is 22.1. The molecule has 1 unspecified atom stereocenters. The van der Waals surface area contributed by atoms with Crippen LogP contribution in [-0.2, 0) is 11.2 Å². The second-order valence-corrected chi connectivity index (χ2v) is 6.06. The number of benzene rings is 1. The van der Waals surface area contributed by atoms with Crippen LogP contribution >= 0.6 is 35.6 Å². The van der Waals surface area contributed by atoms with Gasteiger partial charge in [0, 0.05) is 6.61 Å². The van der Waals surface area contributed by atoms with Gasteiger partial charge in [-0.2, -0.15) is 0 Å². The molecule has 0 aliphatic carbocycles. The van der Waals surface area contributed by atoms with E-state index in [0.29, 0.717) is 35.3 Å². The van der Waals surface area contributed by atoms with Crippen LogP contribution in [0.4, 0.5) is 0 Å². The van der Waals surface area contributed by atoms with Crippen molar-refractivity contribution in [2.24, 2.45) is 5.73 Å². The van der Waals surface area contributed by atoms with Gasteiger partial charge in [0.05, 0.1) is 22.6 Å². The Kier molecular flexibility index (Phi) is 9.66. The Hall–Kier alpha value is -0.935. The minimum atomic E-state index is -1.74. The standard InChI is InChI=1S/C13H18BCl2N5O3.ClH/c15-10-5-4-9(7-11(10)16)8-21-13(18-19-20-21)12(17)3-1-2-6-24-14(22)23;/h4-5,7,12,22-23H,1-3,6,8,17H2;1H. The number of aromatic nitrogens is 4. The number of tetrazole rings is 1. The maximum absolute atomic E-state index is 8.59. The molecule has 0 saturated carbocycles. The van der Waals surface area contributed by atoms with Gasteiger partial charge in [-0.25, -0.2) is 4.68 Å². The first-order chi connectivity index (χ1) is 11.5. The van der Waals surface area contributed by atoms with Gasteiger partial charge < -0.3 is 20.4 Å². The summed E-state index contributed by atoms with van der Waals surface area (Å²) in [5.41, 5.74) is 7.05. The van der Waals surface area contributed by atoms with Gasteiger partial charge in [-0.15, -0.1) is 17.5 Å². The first-order valence-corrected chi connectivity index (χ1v) is 8.16. The zero-order valence-electron chi connectivity index (χ0n) is 13.3. The van der Waals surface area contributed by atoms with Gasteiger partial charge in [0.25, 0.3) is 0 Å². The second-order valence-electron chi connectivity index (χ2n) is 5.24. The summed E-state index contributed by atoms with van der Waals surface area (Å²) < 4.78 is 6.26. The monoisotopic (exact) mass is 409 g/mol. The third kappa shape index (κ3) is 7.06. The summed E-state index contributed by atoms with van der Waals surface area (Å²) in [6.07, 6.45) is 2.04. The maximum atomic E-state index is 8.59. The van der Waals surface area contributed by atoms with E-state index in [4.69, 9.17) is 39.0 Å². The summed E-state index contributed by atoms with van der Waals surface area (Å²) in [4.78, 5) is 0. The summed E-state index contributed by atoms with van der Waals surface area (Å²) in [5, 5.41) is 29.8. The van der Waals surface area contributed by atoms with Gasteiger partial charge in [0.1, 0.15) is 0 Å². The van der Waals surface area contributed by atoms with Gasteiger partial charge in [-0.05, 0) is 47.4 Å². The van der Waals surface area contributed by atoms with E-state index in [1.165, 1.54) is 0 Å². The highest BCUT2D eigenvalue weighted by Gasteiger charge is 2.16. The minimum absolute atomic E-state index is 0. The van der Waals surface area contributed by atoms with Crippen LogP contribution in [0.2, 0.25) is 10.0 Å². The Balaban J connectivity index is 0.00000312. The molecule has 2 rings (SSSR count). The molecule has 0 bridgehead atoms. The van der Waals surface area contributed by atoms with Crippen molar-refractivity contribution in [3.63, 3.8) is 0 Å². The molecule has 8 nitrogen and oxygen atoms in total. The fourth-order valence-corrected chi connectivity index (χ4v) is 2.51. The van der Waals surface area contributed by atoms with Crippen LogP contribution in [-0.4, -0.2) is 44.2 Å². The van der Waals surface area contributed by atoms with Gasteiger partial charge in [-0.1, -0.05) is 29.3 Å². The normalized spacial score (nSPS) is 11.9. The summed E-state index contributed by atoms with van der Waals surface area (Å²) in [6, 6.07) is 5.00. The quantitative estimate of drug-likeness (QED) is 0.424. The maximum Gasteiger partial charge on any atom is 0.633 e. The number of unbranched alkanes of at least 4 members (excludes halogenated alkanes) is 1. The summed E-state index contributed by atoms with van der Waals surface area (Å²) in [5.74, 6) is 0.573. The van der Waals surface area contributed by atoms with Crippen molar-refractivity contribution in [1.29, 1.82) is 0 Å². The lowest BCUT2D eigenvalue weighted by atomic mass is 10.1. The number of halogens is 3. The number of nitrogens with zero attached hydrogens (tertiary/aromatic N) is 4. The summed E-state index contributed by atoms with van der Waals surface area (Å²) in [7, 11) is -1.74. The molecule has 138 valence electrons. The molecular formula is C13H19BCl3N5O3. The molecule has 1 atom stereocenters. The average molecular weight is 410 g/mol. The van der Waals surface area contributed by atoms with Crippen molar-refractivity contribution in [2.75, 3.05) is 6.61 Å². The SMILES string of the molecule is Cl.NC(CCCCOB(O)O)c1nnnn1Cc1ccc(Cl)c(Cl)c1. The number of rotatable bonds is 9.